The van der Waals surface area contributed by atoms with Crippen molar-refractivity contribution in [1.29, 1.82) is 0 Å². The van der Waals surface area contributed by atoms with E-state index in [0.29, 0.717) is 0 Å². The van der Waals surface area contributed by atoms with E-state index in [2.05, 4.69) is 19.8 Å². The van der Waals surface area contributed by atoms with Crippen LogP contribution in [-0.2, 0) is 332 Å². The van der Waals surface area contributed by atoms with Gasteiger partial charge in [-0.2, -0.15) is 6.42 Å². The molecule has 1 nitrogen and oxygen atoms in total. The van der Waals surface area contributed by atoms with Gasteiger partial charge >= 0.3 is 0 Å². The second-order valence-corrected chi connectivity index (χ2v) is 1.68. The van der Waals surface area contributed by atoms with Crippen molar-refractivity contribution in [2.45, 2.75) is 19.8 Å². The summed E-state index contributed by atoms with van der Waals surface area (Å²) >= 11 is 0. The first-order valence-electron chi connectivity index (χ1n) is 3.04. The van der Waals surface area contributed by atoms with Gasteiger partial charge in [-0.15, -0.1) is 0 Å². The Balaban J connectivity index is -0.00000000544. The number of ether oxygens (including phenoxy) is 1. The summed E-state index contributed by atoms with van der Waals surface area (Å²) in [6, 6.07) is 0. The predicted octanol–water partition coefficient (Wildman–Crippen LogP) is 1.82. The molecular weight excluding hydrogens is 989 g/mol. The van der Waals surface area contributed by atoms with Crippen molar-refractivity contribution >= 4 is 0 Å². The van der Waals surface area contributed by atoms with Crippen molar-refractivity contribution in [1.82, 2.24) is 0 Å². The Morgan fingerprint density at radius 1 is 0.667 bits per heavy atom. The molecule has 0 unspecified atom stereocenters. The van der Waals surface area contributed by atoms with Gasteiger partial charge in [0.1, 0.15) is 0 Å². The van der Waals surface area contributed by atoms with E-state index in [4.69, 9.17) is 4.74 Å². The van der Waals surface area contributed by atoms with Crippen molar-refractivity contribution in [3.05, 3.63) is 12.8 Å². The standard InChI is InChI=1S/C7H14O.10Y/c1-3-4-5-6-7-8-2;;;;;;;;;;/h4,6H,3,5,7H2,1-2H3;;;;;;;;;;/q-2;;;;;;;;;;. The number of hydrogen-bond acceptors (Lipinski definition) is 1. The van der Waals surface area contributed by atoms with E-state index in [0.717, 1.165) is 19.4 Å². The summed E-state index contributed by atoms with van der Waals surface area (Å²) in [5, 5.41) is 0. The van der Waals surface area contributed by atoms with E-state index in [1.165, 1.54) is 0 Å². The van der Waals surface area contributed by atoms with Gasteiger partial charge in [0, 0.05) is 334 Å². The number of unbranched alkanes of at least 4 members (excludes halogenated alkanes) is 3. The van der Waals surface area contributed by atoms with Crippen molar-refractivity contribution in [3.63, 3.8) is 0 Å². The summed E-state index contributed by atoms with van der Waals surface area (Å²) in [5.41, 5.74) is 0. The minimum Gasteiger partial charge on any atom is -0.416 e. The molecule has 0 amide bonds. The van der Waals surface area contributed by atoms with Crippen molar-refractivity contribution in [3.8, 4) is 0 Å². The van der Waals surface area contributed by atoms with E-state index in [1.807, 2.05) is 0 Å². The molecule has 0 aromatic heterocycles. The molecule has 11 heteroatoms. The normalized spacial score (nSPS) is 4.33. The zero-order chi connectivity index (χ0) is 6.24. The van der Waals surface area contributed by atoms with Crippen LogP contribution in [-0.4, -0.2) is 13.7 Å². The van der Waals surface area contributed by atoms with Gasteiger partial charge in [0.2, 0.25) is 0 Å². The van der Waals surface area contributed by atoms with Crippen LogP contribution in [0.3, 0.4) is 0 Å². The fourth-order valence-corrected chi connectivity index (χ4v) is 0.470. The molecule has 0 spiro atoms. The van der Waals surface area contributed by atoms with Gasteiger partial charge in [-0.05, 0) is 0 Å². The molecule has 0 atom stereocenters. The van der Waals surface area contributed by atoms with Gasteiger partial charge in [-0.25, -0.2) is 0 Å². The van der Waals surface area contributed by atoms with Gasteiger partial charge < -0.3 is 24.0 Å². The molecule has 0 aromatic carbocycles. The minimum atomic E-state index is 0. The van der Waals surface area contributed by atoms with Gasteiger partial charge in [-0.1, -0.05) is 13.5 Å². The molecule has 0 saturated carbocycles. The van der Waals surface area contributed by atoms with E-state index in [1.54, 1.807) is 7.11 Å². The molecule has 0 rings (SSSR count). The first-order valence-corrected chi connectivity index (χ1v) is 3.04. The van der Waals surface area contributed by atoms with Crippen molar-refractivity contribution in [2.24, 2.45) is 0 Å². The largest absolute Gasteiger partial charge is 0.416 e. The molecule has 0 bridgehead atoms. The third kappa shape index (κ3) is 71.3. The van der Waals surface area contributed by atoms with Crippen LogP contribution in [0.5, 0.6) is 0 Å². The molecule has 0 aliphatic carbocycles. The molecule has 0 aromatic rings. The first-order chi connectivity index (χ1) is 3.91. The van der Waals surface area contributed by atoms with Gasteiger partial charge in [-0.3, -0.25) is 0 Å². The molecule has 10 radical (unpaired) electrons. The summed E-state index contributed by atoms with van der Waals surface area (Å²) in [4.78, 5) is 0. The fraction of sp³-hybridized carbons (Fsp3) is 0.714. The average molecular weight is 1000 g/mol. The Labute approximate surface area is 366 Å². The monoisotopic (exact) mass is 1000 g/mol. The van der Waals surface area contributed by atoms with Crippen LogP contribution in [0.15, 0.2) is 0 Å². The van der Waals surface area contributed by atoms with Crippen LogP contribution >= 0.6 is 0 Å². The van der Waals surface area contributed by atoms with E-state index >= 15 is 0 Å². The van der Waals surface area contributed by atoms with Crippen LogP contribution in [0.25, 0.3) is 0 Å². The second kappa shape index (κ2) is 70.6. The average Bonchev–Trinajstić information content (AvgIpc) is 1.81. The second-order valence-electron chi connectivity index (χ2n) is 1.68. The maximum absolute atomic E-state index is 4.81. The van der Waals surface area contributed by atoms with Crippen LogP contribution in [0.1, 0.15) is 19.8 Å². The number of rotatable bonds is 5. The zero-order valence-corrected chi connectivity index (χ0v) is 39.8. The van der Waals surface area contributed by atoms with Crippen LogP contribution in [0.4, 0.5) is 0 Å². The Kier molecular flexibility index (Phi) is 275. The molecular formula is C7H14OY10-2. The van der Waals surface area contributed by atoms with Crippen molar-refractivity contribution < 1.29 is 332 Å². The topological polar surface area (TPSA) is 9.23 Å². The van der Waals surface area contributed by atoms with E-state index < -0.39 is 0 Å². The zero-order valence-electron chi connectivity index (χ0n) is 11.5. The maximum atomic E-state index is 4.81. The van der Waals surface area contributed by atoms with Gasteiger partial charge in [0.25, 0.3) is 0 Å². The summed E-state index contributed by atoms with van der Waals surface area (Å²) in [7, 11) is 1.71. The number of methoxy groups -OCH3 is 1. The Morgan fingerprint density at radius 3 is 1.22 bits per heavy atom. The third-order valence-electron chi connectivity index (χ3n) is 0.907. The van der Waals surface area contributed by atoms with Crippen LogP contribution < -0.4 is 0 Å². The smallest absolute Gasteiger partial charge is 0.0319 e. The Bertz CT molecular complexity index is 47.2. The predicted molar refractivity (Wildman–Crippen MR) is 35.4 cm³/mol. The Morgan fingerprint density at radius 2 is 1.00 bits per heavy atom. The molecule has 0 aliphatic rings. The fourth-order valence-electron chi connectivity index (χ4n) is 0.470. The molecule has 0 heterocycles. The van der Waals surface area contributed by atoms with E-state index in [9.17, 15) is 0 Å². The van der Waals surface area contributed by atoms with Crippen LogP contribution in [0, 0.1) is 12.8 Å². The molecule has 80 valence electrons. The van der Waals surface area contributed by atoms with E-state index in [-0.39, 0.29) is 327 Å². The molecule has 18 heavy (non-hydrogen) atoms. The van der Waals surface area contributed by atoms with Gasteiger partial charge in [0.15, 0.2) is 0 Å². The van der Waals surface area contributed by atoms with Crippen LogP contribution in [0.2, 0.25) is 0 Å². The molecule has 0 saturated heterocycles. The quantitative estimate of drug-likeness (QED) is 0.302. The SMILES string of the molecule is CC[CH-]C[CH-]COC.[Y].[Y].[Y].[Y].[Y].[Y].[Y].[Y].[Y].[Y]. The summed E-state index contributed by atoms with van der Waals surface area (Å²) in [6.07, 6.45) is 6.56. The minimum absolute atomic E-state index is 0. The number of hydrogen-bond donors (Lipinski definition) is 0. The third-order valence-corrected chi connectivity index (χ3v) is 0.907. The molecule has 0 fully saturated rings. The van der Waals surface area contributed by atoms with Gasteiger partial charge in [0.05, 0.1) is 0 Å². The summed E-state index contributed by atoms with van der Waals surface area (Å²) in [6.45, 7) is 2.91. The molecule has 0 N–H and O–H groups in total. The maximum Gasteiger partial charge on any atom is 0.0319 e. The summed E-state index contributed by atoms with van der Waals surface area (Å²) < 4.78 is 4.81. The first kappa shape index (κ1) is 70.2. The Hall–Kier alpha value is 11.0. The van der Waals surface area contributed by atoms with Crippen molar-refractivity contribution in [2.75, 3.05) is 13.7 Å². The summed E-state index contributed by atoms with van der Waals surface area (Å²) in [5.74, 6) is 0. The molecule has 0 aliphatic heterocycles.